The first kappa shape index (κ1) is 14.7. The number of hydrogen-bond acceptors (Lipinski definition) is 8. The molecule has 0 aromatic carbocycles. The Bertz CT molecular complexity index is 851. The van der Waals surface area contributed by atoms with Crippen LogP contribution < -0.4 is 5.73 Å². The van der Waals surface area contributed by atoms with Gasteiger partial charge in [0.05, 0.1) is 16.7 Å². The third-order valence-corrected chi connectivity index (χ3v) is 8.63. The Morgan fingerprint density at radius 2 is 2.04 bits per heavy atom. The summed E-state index contributed by atoms with van der Waals surface area (Å²) >= 11 is 0. The second-order valence-corrected chi connectivity index (χ2v) is 9.66. The van der Waals surface area contributed by atoms with E-state index in [1.165, 1.54) is 0 Å². The molecule has 5 fully saturated rings. The zero-order valence-corrected chi connectivity index (χ0v) is 13.9. The van der Waals surface area contributed by atoms with Gasteiger partial charge in [-0.2, -0.15) is 8.42 Å². The van der Waals surface area contributed by atoms with Gasteiger partial charge in [-0.1, -0.05) is 6.08 Å². The van der Waals surface area contributed by atoms with Crippen LogP contribution in [-0.4, -0.2) is 44.7 Å². The van der Waals surface area contributed by atoms with Gasteiger partial charge < -0.3 is 15.2 Å². The van der Waals surface area contributed by atoms with Gasteiger partial charge in [0.1, 0.15) is 18.3 Å². The van der Waals surface area contributed by atoms with E-state index in [9.17, 15) is 18.0 Å². The van der Waals surface area contributed by atoms with Gasteiger partial charge in [-0.05, 0) is 18.8 Å². The normalized spacial score (nSPS) is 55.6. The summed E-state index contributed by atoms with van der Waals surface area (Å²) in [5.41, 5.74) is 6.16. The van der Waals surface area contributed by atoms with E-state index >= 15 is 0 Å². The number of carbonyl (C=O) groups is 2. The first-order chi connectivity index (χ1) is 11.9. The van der Waals surface area contributed by atoms with Crippen LogP contribution in [0.5, 0.6) is 0 Å². The molecule has 0 spiro atoms. The van der Waals surface area contributed by atoms with Crippen LogP contribution in [0.4, 0.5) is 0 Å². The molecule has 6 rings (SSSR count). The number of esters is 2. The maximum Gasteiger partial charge on any atom is 0.310 e. The third kappa shape index (κ3) is 1.58. The van der Waals surface area contributed by atoms with Gasteiger partial charge in [0.25, 0.3) is 10.1 Å². The van der Waals surface area contributed by atoms with Gasteiger partial charge >= 0.3 is 11.9 Å². The van der Waals surface area contributed by atoms with Crippen molar-refractivity contribution >= 4 is 22.1 Å². The Morgan fingerprint density at radius 3 is 2.84 bits per heavy atom. The number of hydrogen-bond donors (Lipinski definition) is 1. The summed E-state index contributed by atoms with van der Waals surface area (Å²) in [7, 11) is -3.68. The Kier molecular flexibility index (Phi) is 2.51. The van der Waals surface area contributed by atoms with Crippen LogP contribution in [0.2, 0.25) is 0 Å². The van der Waals surface area contributed by atoms with E-state index in [-0.39, 0.29) is 41.8 Å². The molecule has 10 unspecified atom stereocenters. The largest absolute Gasteiger partial charge is 0.460 e. The standard InChI is InChI=1S/C16H17NO7S/c17-11-6-3-7-10(16(19)23-13(7)11)9(6)15(18)22-12-4-1-5-8(2-4)25(20,21)24-14(5)12/h2,4-7,9-14H,1,3,17H2. The molecular formula is C16H17NO7S. The number of carbonyl (C=O) groups excluding carboxylic acids is 2. The smallest absolute Gasteiger partial charge is 0.310 e. The molecule has 0 amide bonds. The van der Waals surface area contributed by atoms with Gasteiger partial charge in [0.2, 0.25) is 0 Å². The minimum Gasteiger partial charge on any atom is -0.460 e. The van der Waals surface area contributed by atoms with E-state index in [1.54, 1.807) is 6.08 Å². The minimum atomic E-state index is -3.68. The van der Waals surface area contributed by atoms with Crippen molar-refractivity contribution in [1.29, 1.82) is 0 Å². The van der Waals surface area contributed by atoms with Crippen LogP contribution in [0.15, 0.2) is 11.0 Å². The lowest BCUT2D eigenvalue weighted by Crippen LogP contribution is -2.47. The van der Waals surface area contributed by atoms with E-state index < -0.39 is 40.1 Å². The molecular weight excluding hydrogens is 350 g/mol. The molecule has 2 N–H and O–H groups in total. The quantitative estimate of drug-likeness (QED) is 0.502. The fraction of sp³-hybridized carbons (Fsp3) is 0.750. The van der Waals surface area contributed by atoms with Crippen LogP contribution in [-0.2, 0) is 33.4 Å². The number of rotatable bonds is 2. The monoisotopic (exact) mass is 367 g/mol. The minimum absolute atomic E-state index is 0.000291. The molecule has 8 nitrogen and oxygen atoms in total. The summed E-state index contributed by atoms with van der Waals surface area (Å²) < 4.78 is 40.1. The highest BCUT2D eigenvalue weighted by molar-refractivity contribution is 7.91. The highest BCUT2D eigenvalue weighted by Crippen LogP contribution is 2.58. The van der Waals surface area contributed by atoms with Crippen molar-refractivity contribution in [2.75, 3.05) is 0 Å². The summed E-state index contributed by atoms with van der Waals surface area (Å²) in [6.45, 7) is 0. The average molecular weight is 367 g/mol. The average Bonchev–Trinajstić information content (AvgIpc) is 3.30. The zero-order chi connectivity index (χ0) is 17.2. The van der Waals surface area contributed by atoms with Crippen LogP contribution in [0, 0.1) is 35.5 Å². The summed E-state index contributed by atoms with van der Waals surface area (Å²) in [5, 5.41) is 0. The van der Waals surface area contributed by atoms with E-state index in [4.69, 9.17) is 19.4 Å². The summed E-state index contributed by atoms with van der Waals surface area (Å²) in [6.07, 6.45) is 1.48. The lowest BCUT2D eigenvalue weighted by atomic mass is 9.77. The Hall–Kier alpha value is -1.45. The van der Waals surface area contributed by atoms with Crippen LogP contribution >= 0.6 is 0 Å². The van der Waals surface area contributed by atoms with Gasteiger partial charge in [0, 0.05) is 23.8 Å². The predicted molar refractivity (Wildman–Crippen MR) is 79.8 cm³/mol. The van der Waals surface area contributed by atoms with Gasteiger partial charge in [-0.25, -0.2) is 0 Å². The molecule has 3 saturated carbocycles. The number of ether oxygens (including phenoxy) is 2. The molecule has 134 valence electrons. The maximum absolute atomic E-state index is 12.9. The molecule has 0 radical (unpaired) electrons. The van der Waals surface area contributed by atoms with Crippen molar-refractivity contribution in [3.63, 3.8) is 0 Å². The van der Waals surface area contributed by atoms with E-state index in [0.717, 1.165) is 0 Å². The molecule has 4 aliphatic carbocycles. The summed E-state index contributed by atoms with van der Waals surface area (Å²) in [4.78, 5) is 25.3. The number of fused-ring (bicyclic) bond motifs is 2. The molecule has 9 heteroatoms. The molecule has 6 aliphatic rings. The fourth-order valence-corrected chi connectivity index (χ4v) is 7.78. The van der Waals surface area contributed by atoms with Crippen molar-refractivity contribution in [1.82, 2.24) is 0 Å². The van der Waals surface area contributed by atoms with Crippen LogP contribution in [0.1, 0.15) is 12.8 Å². The van der Waals surface area contributed by atoms with Crippen molar-refractivity contribution in [2.24, 2.45) is 41.2 Å². The van der Waals surface area contributed by atoms with Crippen LogP contribution in [0.3, 0.4) is 0 Å². The molecule has 0 aromatic heterocycles. The first-order valence-electron chi connectivity index (χ1n) is 8.68. The summed E-state index contributed by atoms with van der Waals surface area (Å²) in [6, 6.07) is -0.333. The van der Waals surface area contributed by atoms with E-state index in [2.05, 4.69) is 0 Å². The molecule has 2 saturated heterocycles. The van der Waals surface area contributed by atoms with Crippen molar-refractivity contribution < 1.29 is 31.7 Å². The topological polar surface area (TPSA) is 122 Å². The summed E-state index contributed by atoms with van der Waals surface area (Å²) in [5.74, 6) is -2.35. The maximum atomic E-state index is 12.9. The van der Waals surface area contributed by atoms with Gasteiger partial charge in [-0.3, -0.25) is 13.8 Å². The molecule has 25 heavy (non-hydrogen) atoms. The first-order valence-corrected chi connectivity index (χ1v) is 10.1. The van der Waals surface area contributed by atoms with Crippen molar-refractivity contribution in [3.8, 4) is 0 Å². The van der Waals surface area contributed by atoms with Crippen molar-refractivity contribution in [2.45, 2.75) is 37.2 Å². The highest BCUT2D eigenvalue weighted by Gasteiger charge is 2.69. The second kappa shape index (κ2) is 4.27. The second-order valence-electron chi connectivity index (χ2n) is 8.09. The Labute approximate surface area is 143 Å². The van der Waals surface area contributed by atoms with Gasteiger partial charge in [0.15, 0.2) is 0 Å². The zero-order valence-electron chi connectivity index (χ0n) is 13.1. The SMILES string of the molecule is NC1C2CC3C1OC(=O)C3C2C(=O)OC1C2C=C3C(C2)C1OS3(=O)=O. The van der Waals surface area contributed by atoms with E-state index in [0.29, 0.717) is 17.7 Å². The Balaban J connectivity index is 1.27. The molecule has 2 aliphatic heterocycles. The molecule has 10 atom stereocenters. The van der Waals surface area contributed by atoms with Crippen LogP contribution in [0.25, 0.3) is 0 Å². The molecule has 0 aromatic rings. The fourth-order valence-electron chi connectivity index (χ4n) is 6.19. The third-order valence-electron chi connectivity index (χ3n) is 7.14. The molecule has 2 heterocycles. The van der Waals surface area contributed by atoms with Crippen molar-refractivity contribution in [3.05, 3.63) is 11.0 Å². The number of nitrogens with two attached hydrogens (primary N) is 1. The van der Waals surface area contributed by atoms with Gasteiger partial charge in [-0.15, -0.1) is 0 Å². The predicted octanol–water partition coefficient (Wildman–Crippen LogP) is -0.705. The lowest BCUT2D eigenvalue weighted by Gasteiger charge is -2.30. The van der Waals surface area contributed by atoms with E-state index in [1.807, 2.05) is 0 Å². The lowest BCUT2D eigenvalue weighted by molar-refractivity contribution is -0.165. The molecule has 4 bridgehead atoms. The highest BCUT2D eigenvalue weighted by atomic mass is 32.2. The Morgan fingerprint density at radius 1 is 1.24 bits per heavy atom.